The molecule has 0 aliphatic heterocycles. The number of aromatic nitrogens is 3. The number of para-hydroxylation sites is 9. The highest BCUT2D eigenvalue weighted by Crippen LogP contribution is 2.50. The number of halogens is 3. The molecule has 0 spiro atoms. The molecule has 0 fully saturated rings. The normalized spacial score (nSPS) is 11.4. The summed E-state index contributed by atoms with van der Waals surface area (Å²) in [5.41, 5.74) is 31.2. The Balaban J connectivity index is 0.000000115. The van der Waals surface area contributed by atoms with Crippen molar-refractivity contribution in [1.82, 2.24) is 13.7 Å². The van der Waals surface area contributed by atoms with Crippen LogP contribution in [0.4, 0.5) is 51.2 Å². The molecule has 26 rings (SSSR count). The zero-order chi connectivity index (χ0) is 94.2. The Hall–Kier alpha value is -17.5. The highest BCUT2D eigenvalue weighted by atomic mass is 35.5. The van der Waals surface area contributed by atoms with Crippen LogP contribution < -0.4 is 14.7 Å². The second-order valence-electron chi connectivity index (χ2n) is 35.5. The Labute approximate surface area is 833 Å². The van der Waals surface area contributed by atoms with E-state index in [0.29, 0.717) is 15.1 Å². The quantitative estimate of drug-likeness (QED) is 0.0908. The molecular formula is C132H89Cl3N6. The van der Waals surface area contributed by atoms with Crippen LogP contribution in [0.3, 0.4) is 0 Å². The van der Waals surface area contributed by atoms with Gasteiger partial charge in [-0.15, -0.1) is 0 Å². The van der Waals surface area contributed by atoms with Crippen molar-refractivity contribution < 1.29 is 0 Å². The largest absolute Gasteiger partial charge is 0.310 e. The molecule has 0 saturated heterocycles. The first-order valence-corrected chi connectivity index (χ1v) is 48.7. The van der Waals surface area contributed by atoms with Crippen molar-refractivity contribution in [3.8, 4) is 72.7 Å². The van der Waals surface area contributed by atoms with Crippen LogP contribution in [0.5, 0.6) is 0 Å². The third kappa shape index (κ3) is 16.7. The topological polar surface area (TPSA) is 24.5 Å². The molecule has 0 atom stereocenters. The lowest BCUT2D eigenvalue weighted by atomic mass is 9.94. The number of hydrogen-bond donors (Lipinski definition) is 0. The second-order valence-corrected chi connectivity index (χ2v) is 36.8. The number of fused-ring (bicyclic) bond motifs is 14. The maximum absolute atomic E-state index is 7.05. The molecule has 0 saturated carbocycles. The summed E-state index contributed by atoms with van der Waals surface area (Å²) in [5.74, 6) is 0. The minimum Gasteiger partial charge on any atom is -0.310 e. The van der Waals surface area contributed by atoms with Crippen LogP contribution in [0.1, 0.15) is 0 Å². The zero-order valence-corrected chi connectivity index (χ0v) is 79.0. The van der Waals surface area contributed by atoms with E-state index in [-0.39, 0.29) is 0 Å². The lowest BCUT2D eigenvalue weighted by Crippen LogP contribution is -2.10. The molecule has 668 valence electrons. The van der Waals surface area contributed by atoms with E-state index in [1.807, 2.05) is 42.5 Å². The summed E-state index contributed by atoms with van der Waals surface area (Å²) < 4.78 is 7.17. The molecule has 9 heteroatoms. The molecule has 6 nitrogen and oxygen atoms in total. The Kier molecular flexibility index (Phi) is 23.2. The van der Waals surface area contributed by atoms with E-state index >= 15 is 0 Å². The van der Waals surface area contributed by atoms with Crippen molar-refractivity contribution >= 4 is 184 Å². The number of anilines is 9. The molecular weight excluding hydrogens is 1780 g/mol. The molecule has 0 aliphatic rings. The van der Waals surface area contributed by atoms with Crippen LogP contribution in [0, 0.1) is 0 Å². The molecule has 3 heterocycles. The van der Waals surface area contributed by atoms with E-state index in [1.54, 1.807) is 0 Å². The van der Waals surface area contributed by atoms with Gasteiger partial charge < -0.3 is 28.4 Å². The van der Waals surface area contributed by atoms with Gasteiger partial charge in [-0.1, -0.05) is 368 Å². The van der Waals surface area contributed by atoms with Gasteiger partial charge in [0.05, 0.1) is 33.1 Å². The van der Waals surface area contributed by atoms with Gasteiger partial charge in [0, 0.05) is 116 Å². The summed E-state index contributed by atoms with van der Waals surface area (Å²) in [5, 5.41) is 16.8. The number of hydrogen-bond acceptors (Lipinski definition) is 3. The molecule has 0 unspecified atom stereocenters. The lowest BCUT2D eigenvalue weighted by molar-refractivity contribution is 1.18. The van der Waals surface area contributed by atoms with Gasteiger partial charge in [-0.2, -0.15) is 0 Å². The average molecular weight is 1870 g/mol. The highest BCUT2D eigenvalue weighted by Gasteiger charge is 2.26. The van der Waals surface area contributed by atoms with Gasteiger partial charge in [0.15, 0.2) is 0 Å². The van der Waals surface area contributed by atoms with Crippen LogP contribution >= 0.6 is 34.8 Å². The molecule has 141 heavy (non-hydrogen) atoms. The molecule has 26 aromatic rings. The Morgan fingerprint density at radius 2 is 0.426 bits per heavy atom. The van der Waals surface area contributed by atoms with Crippen LogP contribution in [-0.2, 0) is 0 Å². The van der Waals surface area contributed by atoms with Gasteiger partial charge >= 0.3 is 0 Å². The second kappa shape index (κ2) is 37.9. The summed E-state index contributed by atoms with van der Waals surface area (Å²) in [4.78, 5) is 6.80. The van der Waals surface area contributed by atoms with Crippen molar-refractivity contribution in [1.29, 1.82) is 0 Å². The van der Waals surface area contributed by atoms with Gasteiger partial charge in [0.2, 0.25) is 0 Å². The molecule has 0 bridgehead atoms. The number of benzene rings is 23. The smallest absolute Gasteiger partial charge is 0.0553 e. The fourth-order valence-electron chi connectivity index (χ4n) is 20.7. The van der Waals surface area contributed by atoms with Gasteiger partial charge in [-0.05, 0) is 294 Å². The van der Waals surface area contributed by atoms with Crippen molar-refractivity contribution in [2.24, 2.45) is 0 Å². The van der Waals surface area contributed by atoms with Crippen LogP contribution in [-0.4, -0.2) is 13.7 Å². The standard InChI is InChI=1S/2C46H31ClN2.C40H27ClN2/c47-35-28-34(29-39(30-35)48(36-16-6-2-7-17-36)38-26-24-33(25-27-38)32-14-4-1-5-15-32)43-31-45-46(41-21-11-10-20-40(41)43)42-22-12-13-23-44(42)49(45)37-18-8-3-9-19-37;47-38-26-37(27-42(31-38)48(39-16-6-2-7-17-39)40-18-8-3-9-19-40)36-22-25-43-44-28-34-14-10-11-15-35(34)29-46(44)49(45(43)30-36)41-23-20-33(21-24-41)32-12-4-1-5-13-32;41-29-24-28(25-33(26-29)42(30-14-4-1-5-15-30)31-16-6-2-7-17-31)37-27-39-40(35-21-11-10-20-34(35)37)36-22-12-13-23-38(36)43(39)32-18-8-3-9-19-32/h2*1-31H;1-27H. The molecule has 0 N–H and O–H groups in total. The summed E-state index contributed by atoms with van der Waals surface area (Å²) >= 11 is 20.9. The van der Waals surface area contributed by atoms with E-state index < -0.39 is 0 Å². The molecule has 0 amide bonds. The first kappa shape index (κ1) is 86.4. The highest BCUT2D eigenvalue weighted by molar-refractivity contribution is 6.33. The van der Waals surface area contributed by atoms with Crippen LogP contribution in [0.15, 0.2) is 540 Å². The number of rotatable bonds is 17. The van der Waals surface area contributed by atoms with E-state index in [1.165, 1.54) is 114 Å². The SMILES string of the molecule is Clc1cc(-c2cc3c(c4ccccc24)c2ccccc2n3-c2ccccc2)cc(N(c2ccccc2)c2ccc(-c3ccccc3)cc2)c1.Clc1cc(-c2cc3c(c4ccccc24)c2ccccc2n3-c2ccccc2)cc(N(c2ccccc2)c2ccccc2)c1.Clc1cc(-c2ccc3c4cc5ccccc5cc4n(-c4ccc(-c5ccccc5)cc4)c3c2)cc(N(c2ccccc2)c2ccccc2)c1. The van der Waals surface area contributed by atoms with Gasteiger partial charge in [-0.3, -0.25) is 0 Å². The van der Waals surface area contributed by atoms with E-state index in [9.17, 15) is 0 Å². The monoisotopic (exact) mass is 1860 g/mol. The fraction of sp³-hybridized carbons (Fsp3) is 0. The zero-order valence-electron chi connectivity index (χ0n) is 76.7. The molecule has 0 radical (unpaired) electrons. The van der Waals surface area contributed by atoms with Gasteiger partial charge in [0.1, 0.15) is 0 Å². The minimum atomic E-state index is 0.683. The predicted octanol–water partition coefficient (Wildman–Crippen LogP) is 38.5. The lowest BCUT2D eigenvalue weighted by Gasteiger charge is -2.26. The third-order valence-electron chi connectivity index (χ3n) is 26.9. The Bertz CT molecular complexity index is 9020. The van der Waals surface area contributed by atoms with Crippen molar-refractivity contribution in [2.75, 3.05) is 14.7 Å². The van der Waals surface area contributed by atoms with Gasteiger partial charge in [-0.25, -0.2) is 0 Å². The van der Waals surface area contributed by atoms with E-state index in [4.69, 9.17) is 34.8 Å². The maximum Gasteiger partial charge on any atom is 0.0553 e. The Morgan fingerprint density at radius 1 is 0.142 bits per heavy atom. The van der Waals surface area contributed by atoms with Crippen LogP contribution in [0.2, 0.25) is 15.1 Å². The fourth-order valence-corrected chi connectivity index (χ4v) is 21.4. The van der Waals surface area contributed by atoms with E-state index in [2.05, 4.69) is 526 Å². The first-order valence-electron chi connectivity index (χ1n) is 47.6. The first-order chi connectivity index (χ1) is 69.7. The summed E-state index contributed by atoms with van der Waals surface area (Å²) in [6.07, 6.45) is 0. The summed E-state index contributed by atoms with van der Waals surface area (Å²) in [6.45, 7) is 0. The Morgan fingerprint density at radius 3 is 0.830 bits per heavy atom. The molecule has 23 aromatic carbocycles. The predicted molar refractivity (Wildman–Crippen MR) is 601 cm³/mol. The van der Waals surface area contributed by atoms with Crippen molar-refractivity contribution in [3.05, 3.63) is 555 Å². The van der Waals surface area contributed by atoms with Crippen LogP contribution in [0.25, 0.3) is 170 Å². The van der Waals surface area contributed by atoms with Crippen molar-refractivity contribution in [2.45, 2.75) is 0 Å². The summed E-state index contributed by atoms with van der Waals surface area (Å²) in [7, 11) is 0. The molecule has 3 aromatic heterocycles. The number of nitrogens with zero attached hydrogens (tertiary/aromatic N) is 6. The summed E-state index contributed by atoms with van der Waals surface area (Å²) in [6, 6.07) is 191. The minimum absolute atomic E-state index is 0.683. The maximum atomic E-state index is 7.05. The molecule has 0 aliphatic carbocycles. The van der Waals surface area contributed by atoms with E-state index in [0.717, 1.165) is 107 Å². The average Bonchev–Trinajstić information content (AvgIpc) is 1.54. The third-order valence-corrected chi connectivity index (χ3v) is 27.6. The van der Waals surface area contributed by atoms with Crippen molar-refractivity contribution in [3.63, 3.8) is 0 Å². The van der Waals surface area contributed by atoms with Gasteiger partial charge in [0.25, 0.3) is 0 Å².